The van der Waals surface area contributed by atoms with Crippen molar-refractivity contribution in [1.82, 2.24) is 0 Å². The molecule has 1 aromatic rings. The van der Waals surface area contributed by atoms with Crippen LogP contribution in [-0.2, 0) is 11.2 Å². The third-order valence-electron chi connectivity index (χ3n) is 3.99. The van der Waals surface area contributed by atoms with Crippen LogP contribution < -0.4 is 11.1 Å². The zero-order chi connectivity index (χ0) is 15.4. The largest absolute Gasteiger partial charge is 0.396 e. The lowest BCUT2D eigenvalue weighted by molar-refractivity contribution is -0.126. The molecule has 0 aliphatic rings. The van der Waals surface area contributed by atoms with Gasteiger partial charge in [-0.3, -0.25) is 4.79 Å². The number of carbonyl (C=O) groups excluding carboxylic acids is 1. The van der Waals surface area contributed by atoms with Crippen molar-refractivity contribution in [2.75, 3.05) is 11.9 Å². The summed E-state index contributed by atoms with van der Waals surface area (Å²) in [7, 11) is 0. The van der Waals surface area contributed by atoms with E-state index in [1.165, 1.54) is 0 Å². The third kappa shape index (κ3) is 4.05. The smallest absolute Gasteiger partial charge is 0.231 e. The molecule has 112 valence electrons. The Morgan fingerprint density at radius 3 is 2.50 bits per heavy atom. The molecular formula is C16H26N2O2. The fourth-order valence-corrected chi connectivity index (χ4v) is 1.67. The summed E-state index contributed by atoms with van der Waals surface area (Å²) in [6.45, 7) is 7.56. The van der Waals surface area contributed by atoms with Crippen molar-refractivity contribution >= 4 is 11.6 Å². The van der Waals surface area contributed by atoms with Crippen molar-refractivity contribution in [2.45, 2.75) is 46.1 Å². The molecule has 0 saturated heterocycles. The van der Waals surface area contributed by atoms with Gasteiger partial charge in [0.1, 0.15) is 0 Å². The van der Waals surface area contributed by atoms with Gasteiger partial charge in [0.05, 0.1) is 5.41 Å². The summed E-state index contributed by atoms with van der Waals surface area (Å²) in [5.74, 6) is -0.0932. The van der Waals surface area contributed by atoms with Gasteiger partial charge >= 0.3 is 0 Å². The average molecular weight is 278 g/mol. The minimum absolute atomic E-state index is 0.0932. The predicted molar refractivity (Wildman–Crippen MR) is 82.5 cm³/mol. The minimum Gasteiger partial charge on any atom is -0.396 e. The molecule has 1 rings (SSSR count). The Hall–Kier alpha value is -1.39. The summed E-state index contributed by atoms with van der Waals surface area (Å²) < 4.78 is 0. The molecule has 0 unspecified atom stereocenters. The monoisotopic (exact) mass is 278 g/mol. The lowest BCUT2D eigenvalue weighted by atomic mass is 9.74. The van der Waals surface area contributed by atoms with E-state index in [1.54, 1.807) is 0 Å². The molecule has 1 amide bonds. The third-order valence-corrected chi connectivity index (χ3v) is 3.99. The predicted octanol–water partition coefficient (Wildman–Crippen LogP) is 2.31. The van der Waals surface area contributed by atoms with Crippen LogP contribution in [-0.4, -0.2) is 23.2 Å². The van der Waals surface area contributed by atoms with Crippen LogP contribution in [0.25, 0.3) is 0 Å². The van der Waals surface area contributed by atoms with E-state index < -0.39 is 11.0 Å². The maximum Gasteiger partial charge on any atom is 0.231 e. The molecule has 4 N–H and O–H groups in total. The summed E-state index contributed by atoms with van der Waals surface area (Å²) in [5.41, 5.74) is 6.66. The van der Waals surface area contributed by atoms with Crippen LogP contribution in [0.5, 0.6) is 0 Å². The average Bonchev–Trinajstić information content (AvgIpc) is 2.35. The summed E-state index contributed by atoms with van der Waals surface area (Å²) in [5, 5.41) is 11.8. The Labute approximate surface area is 121 Å². The van der Waals surface area contributed by atoms with Gasteiger partial charge in [0.2, 0.25) is 5.91 Å². The summed E-state index contributed by atoms with van der Waals surface area (Å²) in [6, 6.07) is 7.69. The Morgan fingerprint density at radius 2 is 1.95 bits per heavy atom. The molecule has 0 bridgehead atoms. The molecule has 1 aromatic carbocycles. The molecule has 0 aromatic heterocycles. The van der Waals surface area contributed by atoms with Gasteiger partial charge in [-0.05, 0) is 58.2 Å². The molecule has 0 heterocycles. The van der Waals surface area contributed by atoms with Crippen molar-refractivity contribution in [3.63, 3.8) is 0 Å². The number of aliphatic hydroxyl groups is 1. The highest BCUT2D eigenvalue weighted by Crippen LogP contribution is 2.29. The molecule has 0 radical (unpaired) electrons. The van der Waals surface area contributed by atoms with Crippen molar-refractivity contribution in [3.05, 3.63) is 29.8 Å². The fourth-order valence-electron chi connectivity index (χ4n) is 1.67. The van der Waals surface area contributed by atoms with Gasteiger partial charge in [0, 0.05) is 17.8 Å². The fraction of sp³-hybridized carbons (Fsp3) is 0.562. The first-order chi connectivity index (χ1) is 9.18. The zero-order valence-corrected chi connectivity index (χ0v) is 12.9. The van der Waals surface area contributed by atoms with Crippen molar-refractivity contribution in [1.29, 1.82) is 0 Å². The number of aryl methyl sites for hydroxylation is 1. The maximum absolute atomic E-state index is 12.4. The highest BCUT2D eigenvalue weighted by Gasteiger charge is 2.40. The lowest BCUT2D eigenvalue weighted by Gasteiger charge is -2.36. The van der Waals surface area contributed by atoms with Gasteiger partial charge in [-0.25, -0.2) is 0 Å². The summed E-state index contributed by atoms with van der Waals surface area (Å²) in [4.78, 5) is 12.4. The van der Waals surface area contributed by atoms with Gasteiger partial charge in [-0.1, -0.05) is 12.1 Å². The standard InChI is InChI=1S/C16H26N2O2/c1-15(2,16(3,4)17)14(20)18-13-9-5-7-12(11-13)8-6-10-19/h5,7,9,11,19H,6,8,10,17H2,1-4H3,(H,18,20). The molecule has 4 nitrogen and oxygen atoms in total. The van der Waals surface area contributed by atoms with E-state index in [1.807, 2.05) is 52.0 Å². The Balaban J connectivity index is 2.81. The molecule has 0 spiro atoms. The number of rotatable bonds is 6. The number of hydrogen-bond donors (Lipinski definition) is 3. The van der Waals surface area contributed by atoms with E-state index in [9.17, 15) is 4.79 Å². The molecule has 0 aliphatic heterocycles. The van der Waals surface area contributed by atoms with Crippen LogP contribution in [0.2, 0.25) is 0 Å². The van der Waals surface area contributed by atoms with Crippen LogP contribution in [0.4, 0.5) is 5.69 Å². The van der Waals surface area contributed by atoms with Crippen molar-refractivity contribution in [2.24, 2.45) is 11.1 Å². The maximum atomic E-state index is 12.4. The normalized spacial score (nSPS) is 12.3. The number of hydrogen-bond acceptors (Lipinski definition) is 3. The van der Waals surface area contributed by atoms with Crippen LogP contribution in [0.15, 0.2) is 24.3 Å². The van der Waals surface area contributed by atoms with Gasteiger partial charge < -0.3 is 16.2 Å². The highest BCUT2D eigenvalue weighted by atomic mass is 16.2. The Bertz CT molecular complexity index is 462. The molecule has 0 saturated carbocycles. The van der Waals surface area contributed by atoms with E-state index in [2.05, 4.69) is 5.32 Å². The summed E-state index contributed by atoms with van der Waals surface area (Å²) >= 11 is 0. The van der Waals surface area contributed by atoms with Crippen molar-refractivity contribution < 1.29 is 9.90 Å². The van der Waals surface area contributed by atoms with E-state index in [4.69, 9.17) is 10.8 Å². The first kappa shape index (κ1) is 16.7. The van der Waals surface area contributed by atoms with Crippen LogP contribution >= 0.6 is 0 Å². The number of nitrogens with one attached hydrogen (secondary N) is 1. The van der Waals surface area contributed by atoms with E-state index in [0.717, 1.165) is 24.1 Å². The van der Waals surface area contributed by atoms with Crippen LogP contribution in [0.3, 0.4) is 0 Å². The number of nitrogens with two attached hydrogens (primary N) is 1. The van der Waals surface area contributed by atoms with E-state index >= 15 is 0 Å². The number of benzene rings is 1. The van der Waals surface area contributed by atoms with E-state index in [0.29, 0.717) is 0 Å². The molecule has 0 fully saturated rings. The first-order valence-corrected chi connectivity index (χ1v) is 6.98. The van der Waals surface area contributed by atoms with Gasteiger partial charge in [0.15, 0.2) is 0 Å². The van der Waals surface area contributed by atoms with Gasteiger partial charge in [-0.2, -0.15) is 0 Å². The first-order valence-electron chi connectivity index (χ1n) is 6.98. The number of aliphatic hydroxyl groups excluding tert-OH is 1. The highest BCUT2D eigenvalue weighted by molar-refractivity contribution is 5.95. The second-order valence-corrected chi connectivity index (χ2v) is 6.33. The summed E-state index contributed by atoms with van der Waals surface area (Å²) in [6.07, 6.45) is 1.52. The number of anilines is 1. The van der Waals surface area contributed by atoms with E-state index in [-0.39, 0.29) is 12.5 Å². The SMILES string of the molecule is CC(C)(N)C(C)(C)C(=O)Nc1cccc(CCCO)c1. The number of carbonyl (C=O) groups is 1. The number of amides is 1. The minimum atomic E-state index is -0.673. The van der Waals surface area contributed by atoms with Crippen LogP contribution in [0, 0.1) is 5.41 Å². The Morgan fingerprint density at radius 1 is 1.30 bits per heavy atom. The van der Waals surface area contributed by atoms with Crippen molar-refractivity contribution in [3.8, 4) is 0 Å². The van der Waals surface area contributed by atoms with Gasteiger partial charge in [0.25, 0.3) is 0 Å². The second-order valence-electron chi connectivity index (χ2n) is 6.33. The topological polar surface area (TPSA) is 75.4 Å². The molecule has 20 heavy (non-hydrogen) atoms. The Kier molecular flexibility index (Phi) is 5.31. The lowest BCUT2D eigenvalue weighted by Crippen LogP contribution is -2.53. The molecule has 0 aliphatic carbocycles. The van der Waals surface area contributed by atoms with Crippen LogP contribution in [0.1, 0.15) is 39.7 Å². The quantitative estimate of drug-likeness (QED) is 0.747. The zero-order valence-electron chi connectivity index (χ0n) is 12.9. The molecule has 0 atom stereocenters. The molecular weight excluding hydrogens is 252 g/mol. The molecule has 4 heteroatoms. The van der Waals surface area contributed by atoms with Gasteiger partial charge in [-0.15, -0.1) is 0 Å². The second kappa shape index (κ2) is 6.37.